The van der Waals surface area contributed by atoms with Gasteiger partial charge in [-0.3, -0.25) is 14.4 Å². The number of anilines is 1. The normalized spacial score (nSPS) is 10.3. The molecule has 0 saturated heterocycles. The average Bonchev–Trinajstić information content (AvgIpc) is 2.62. The zero-order valence-electron chi connectivity index (χ0n) is 14.8. The van der Waals surface area contributed by atoms with Crippen LogP contribution in [0.5, 0.6) is 0 Å². The molecular formula is C20H21BrN2O3. The highest BCUT2D eigenvalue weighted by atomic mass is 79.9. The number of rotatable bonds is 7. The van der Waals surface area contributed by atoms with Crippen LogP contribution in [0.4, 0.5) is 5.69 Å². The molecule has 0 heterocycles. The summed E-state index contributed by atoms with van der Waals surface area (Å²) in [5.41, 5.74) is 3.41. The first kappa shape index (κ1) is 19.8. The van der Waals surface area contributed by atoms with E-state index in [1.807, 2.05) is 38.1 Å². The lowest BCUT2D eigenvalue weighted by Crippen LogP contribution is -2.33. The van der Waals surface area contributed by atoms with Crippen LogP contribution in [0, 0.1) is 13.8 Å². The molecule has 0 atom stereocenters. The molecule has 0 aliphatic rings. The van der Waals surface area contributed by atoms with Crippen molar-refractivity contribution in [2.75, 3.05) is 11.9 Å². The molecule has 2 aromatic rings. The fraction of sp³-hybridized carbons (Fsp3) is 0.250. The predicted octanol–water partition coefficient (Wildman–Crippen LogP) is 3.78. The van der Waals surface area contributed by atoms with Crippen molar-refractivity contribution in [2.45, 2.75) is 26.7 Å². The molecule has 0 spiro atoms. The Morgan fingerprint density at radius 2 is 1.65 bits per heavy atom. The molecule has 0 unspecified atom stereocenters. The second-order valence-electron chi connectivity index (χ2n) is 6.03. The van der Waals surface area contributed by atoms with Gasteiger partial charge >= 0.3 is 0 Å². The van der Waals surface area contributed by atoms with Crippen molar-refractivity contribution in [1.29, 1.82) is 0 Å². The van der Waals surface area contributed by atoms with Crippen LogP contribution in [0.25, 0.3) is 0 Å². The number of carbonyl (C=O) groups excluding carboxylic acids is 3. The lowest BCUT2D eigenvalue weighted by Gasteiger charge is -2.08. The Morgan fingerprint density at radius 3 is 2.35 bits per heavy atom. The van der Waals surface area contributed by atoms with Gasteiger partial charge in [0.05, 0.1) is 12.2 Å². The van der Waals surface area contributed by atoms with E-state index < -0.39 is 0 Å². The summed E-state index contributed by atoms with van der Waals surface area (Å²) in [6.07, 6.45) is 0.161. The van der Waals surface area contributed by atoms with Crippen LogP contribution >= 0.6 is 15.9 Å². The number of benzene rings is 2. The number of amides is 2. The zero-order valence-corrected chi connectivity index (χ0v) is 16.4. The van der Waals surface area contributed by atoms with Gasteiger partial charge in [-0.15, -0.1) is 0 Å². The summed E-state index contributed by atoms with van der Waals surface area (Å²) in [5, 5.41) is 5.23. The van der Waals surface area contributed by atoms with Gasteiger partial charge in [0.2, 0.25) is 11.8 Å². The molecule has 0 aromatic heterocycles. The minimum absolute atomic E-state index is 0.0497. The lowest BCUT2D eigenvalue weighted by atomic mass is 10.0. The molecule has 0 fully saturated rings. The minimum Gasteiger partial charge on any atom is -0.347 e. The van der Waals surface area contributed by atoms with Crippen LogP contribution in [0.15, 0.2) is 46.9 Å². The molecule has 2 rings (SSSR count). The summed E-state index contributed by atoms with van der Waals surface area (Å²) >= 11 is 3.34. The van der Waals surface area contributed by atoms with Crippen molar-refractivity contribution in [3.63, 3.8) is 0 Å². The number of aryl methyl sites for hydroxylation is 2. The van der Waals surface area contributed by atoms with Crippen LogP contribution in [0.3, 0.4) is 0 Å². The predicted molar refractivity (Wildman–Crippen MR) is 105 cm³/mol. The Bertz CT molecular complexity index is 834. The van der Waals surface area contributed by atoms with Crippen LogP contribution < -0.4 is 10.6 Å². The monoisotopic (exact) mass is 416 g/mol. The smallest absolute Gasteiger partial charge is 0.243 e. The topological polar surface area (TPSA) is 75.3 Å². The van der Waals surface area contributed by atoms with Gasteiger partial charge in [-0.05, 0) is 59.1 Å². The number of hydrogen-bond acceptors (Lipinski definition) is 3. The molecule has 0 aliphatic heterocycles. The molecule has 0 saturated carbocycles. The fourth-order valence-electron chi connectivity index (χ4n) is 2.31. The zero-order chi connectivity index (χ0) is 19.1. The molecule has 2 N–H and O–H groups in total. The highest BCUT2D eigenvalue weighted by Crippen LogP contribution is 2.20. The third-order valence-corrected chi connectivity index (χ3v) is 4.69. The molecule has 2 aromatic carbocycles. The average molecular weight is 417 g/mol. The van der Waals surface area contributed by atoms with Crippen molar-refractivity contribution in [1.82, 2.24) is 5.32 Å². The van der Waals surface area contributed by atoms with Gasteiger partial charge in [0.25, 0.3) is 0 Å². The van der Waals surface area contributed by atoms with Crippen molar-refractivity contribution in [3.8, 4) is 0 Å². The molecule has 26 heavy (non-hydrogen) atoms. The van der Waals surface area contributed by atoms with E-state index in [-0.39, 0.29) is 37.0 Å². The first-order valence-electron chi connectivity index (χ1n) is 8.28. The molecule has 0 bridgehead atoms. The largest absolute Gasteiger partial charge is 0.347 e. The van der Waals surface area contributed by atoms with E-state index in [1.165, 1.54) is 0 Å². The molecular weight excluding hydrogens is 396 g/mol. The maximum Gasteiger partial charge on any atom is 0.243 e. The highest BCUT2D eigenvalue weighted by molar-refractivity contribution is 9.10. The quantitative estimate of drug-likeness (QED) is 0.674. The van der Waals surface area contributed by atoms with E-state index in [9.17, 15) is 14.4 Å². The summed E-state index contributed by atoms with van der Waals surface area (Å²) < 4.78 is 0.763. The maximum absolute atomic E-state index is 12.2. The minimum atomic E-state index is -0.329. The van der Waals surface area contributed by atoms with Crippen LogP contribution in [-0.2, 0) is 9.59 Å². The van der Waals surface area contributed by atoms with Gasteiger partial charge in [0, 0.05) is 22.9 Å². The summed E-state index contributed by atoms with van der Waals surface area (Å²) in [7, 11) is 0. The van der Waals surface area contributed by atoms with Crippen LogP contribution in [-0.4, -0.2) is 24.1 Å². The number of carbonyl (C=O) groups is 3. The van der Waals surface area contributed by atoms with Crippen molar-refractivity contribution in [3.05, 3.63) is 63.6 Å². The number of nitrogens with one attached hydrogen (secondary N) is 2. The number of para-hydroxylation sites is 1. The first-order valence-corrected chi connectivity index (χ1v) is 9.07. The Balaban J connectivity index is 1.76. The lowest BCUT2D eigenvalue weighted by molar-refractivity contribution is -0.124. The van der Waals surface area contributed by atoms with Gasteiger partial charge in [-0.1, -0.05) is 24.3 Å². The molecule has 0 radical (unpaired) electrons. The molecule has 136 valence electrons. The Morgan fingerprint density at radius 1 is 0.923 bits per heavy atom. The Labute approximate surface area is 161 Å². The van der Waals surface area contributed by atoms with E-state index in [0.29, 0.717) is 11.3 Å². The molecule has 2 amide bonds. The molecule has 0 aliphatic carbocycles. The standard InChI is InChI=1S/C20H21BrN2O3/c1-13-7-8-15(11-14(13)2)18(24)9-10-19(25)22-12-20(26)23-17-6-4-3-5-16(17)21/h3-8,11H,9-10,12H2,1-2H3,(H,22,25)(H,23,26). The second kappa shape index (κ2) is 9.29. The molecule has 6 heteroatoms. The Kier molecular flexibility index (Phi) is 7.09. The summed E-state index contributed by atoms with van der Waals surface area (Å²) in [4.78, 5) is 35.9. The van der Waals surface area contributed by atoms with E-state index in [4.69, 9.17) is 0 Å². The van der Waals surface area contributed by atoms with E-state index in [0.717, 1.165) is 15.6 Å². The van der Waals surface area contributed by atoms with Gasteiger partial charge in [-0.2, -0.15) is 0 Å². The van der Waals surface area contributed by atoms with E-state index in [2.05, 4.69) is 26.6 Å². The summed E-state index contributed by atoms with van der Waals surface area (Å²) in [6, 6.07) is 12.7. The van der Waals surface area contributed by atoms with Crippen molar-refractivity contribution < 1.29 is 14.4 Å². The van der Waals surface area contributed by atoms with Gasteiger partial charge < -0.3 is 10.6 Å². The Hall–Kier alpha value is -2.47. The fourth-order valence-corrected chi connectivity index (χ4v) is 2.69. The first-order chi connectivity index (χ1) is 12.4. The van der Waals surface area contributed by atoms with Crippen molar-refractivity contribution in [2.24, 2.45) is 0 Å². The summed E-state index contributed by atoms with van der Waals surface area (Å²) in [5.74, 6) is -0.740. The van der Waals surface area contributed by atoms with Crippen LogP contribution in [0.1, 0.15) is 34.3 Å². The van der Waals surface area contributed by atoms with E-state index in [1.54, 1.807) is 18.2 Å². The third kappa shape index (κ3) is 5.81. The van der Waals surface area contributed by atoms with Crippen LogP contribution in [0.2, 0.25) is 0 Å². The van der Waals surface area contributed by atoms with Crippen molar-refractivity contribution >= 4 is 39.2 Å². The third-order valence-electron chi connectivity index (χ3n) is 4.00. The number of halogens is 1. The number of hydrogen-bond donors (Lipinski definition) is 2. The maximum atomic E-state index is 12.2. The highest BCUT2D eigenvalue weighted by Gasteiger charge is 2.11. The summed E-state index contributed by atoms with van der Waals surface area (Å²) in [6.45, 7) is 3.79. The van der Waals surface area contributed by atoms with Gasteiger partial charge in [-0.25, -0.2) is 0 Å². The number of Topliss-reactive ketones (excluding diaryl/α,β-unsaturated/α-hetero) is 1. The number of ketones is 1. The second-order valence-corrected chi connectivity index (χ2v) is 6.88. The molecule has 5 nitrogen and oxygen atoms in total. The van der Waals surface area contributed by atoms with Gasteiger partial charge in [0.1, 0.15) is 0 Å². The van der Waals surface area contributed by atoms with E-state index >= 15 is 0 Å². The van der Waals surface area contributed by atoms with Gasteiger partial charge in [0.15, 0.2) is 5.78 Å². The SMILES string of the molecule is Cc1ccc(C(=O)CCC(=O)NCC(=O)Nc2ccccc2Br)cc1C.